The van der Waals surface area contributed by atoms with Crippen molar-refractivity contribution in [3.8, 4) is 0 Å². The summed E-state index contributed by atoms with van der Waals surface area (Å²) in [6.07, 6.45) is 0. The number of carbonyl (C=O) groups excluding carboxylic acids is 1. The number of benzene rings is 2. The van der Waals surface area contributed by atoms with E-state index in [4.69, 9.17) is 11.6 Å². The Bertz CT molecular complexity index is 730. The first kappa shape index (κ1) is 14.6. The van der Waals surface area contributed by atoms with Crippen LogP contribution in [0.2, 0.25) is 5.02 Å². The maximum Gasteiger partial charge on any atom is 0.255 e. The molecule has 0 unspecified atom stereocenters. The van der Waals surface area contributed by atoms with Crippen molar-refractivity contribution in [2.75, 3.05) is 5.32 Å². The predicted molar refractivity (Wildman–Crippen MR) is 88.8 cm³/mol. The highest BCUT2D eigenvalue weighted by Crippen LogP contribution is 2.29. The largest absolute Gasteiger partial charge is 0.321 e. The molecule has 1 amide bonds. The molecule has 1 aliphatic rings. The summed E-state index contributed by atoms with van der Waals surface area (Å²) in [4.78, 5) is 12.4. The van der Waals surface area contributed by atoms with Gasteiger partial charge in [0.05, 0.1) is 5.69 Å². The minimum Gasteiger partial charge on any atom is -0.321 e. The third kappa shape index (κ3) is 2.98. The number of nitrogens with one attached hydrogen (secondary N) is 2. The van der Waals surface area contributed by atoms with Crippen LogP contribution in [0.1, 0.15) is 27.0 Å². The number of aryl methyl sites for hydroxylation is 1. The van der Waals surface area contributed by atoms with Crippen LogP contribution in [0.3, 0.4) is 0 Å². The molecule has 0 atom stereocenters. The lowest BCUT2D eigenvalue weighted by atomic mass is 10.1. The second kappa shape index (κ2) is 5.79. The lowest BCUT2D eigenvalue weighted by Crippen LogP contribution is -2.12. The Morgan fingerprint density at radius 2 is 2.00 bits per heavy atom. The van der Waals surface area contributed by atoms with E-state index in [0.717, 1.165) is 23.1 Å². The molecule has 3 nitrogen and oxygen atoms in total. The molecule has 1 aliphatic heterocycles. The van der Waals surface area contributed by atoms with Crippen molar-refractivity contribution in [3.05, 3.63) is 62.1 Å². The van der Waals surface area contributed by atoms with E-state index in [0.29, 0.717) is 16.3 Å². The van der Waals surface area contributed by atoms with Gasteiger partial charge in [0.1, 0.15) is 0 Å². The van der Waals surface area contributed by atoms with Crippen molar-refractivity contribution >= 4 is 39.1 Å². The minimum absolute atomic E-state index is 0.134. The highest BCUT2D eigenvalue weighted by Gasteiger charge is 2.14. The molecule has 0 aromatic heterocycles. The number of halogens is 2. The fourth-order valence-electron chi connectivity index (χ4n) is 2.37. The summed E-state index contributed by atoms with van der Waals surface area (Å²) in [6.45, 7) is 3.61. The molecule has 5 heteroatoms. The van der Waals surface area contributed by atoms with Gasteiger partial charge in [-0.05, 0) is 63.8 Å². The van der Waals surface area contributed by atoms with E-state index in [-0.39, 0.29) is 5.91 Å². The Morgan fingerprint density at radius 3 is 2.81 bits per heavy atom. The van der Waals surface area contributed by atoms with E-state index < -0.39 is 0 Å². The van der Waals surface area contributed by atoms with Gasteiger partial charge in [0.15, 0.2) is 0 Å². The SMILES string of the molecule is Cc1cc(Br)c(NC(=O)c2ccc3c(c2)CNC3)cc1Cl. The van der Waals surface area contributed by atoms with Crippen molar-refractivity contribution < 1.29 is 4.79 Å². The summed E-state index contributed by atoms with van der Waals surface area (Å²) in [5.74, 6) is -0.134. The van der Waals surface area contributed by atoms with E-state index in [1.165, 1.54) is 11.1 Å². The van der Waals surface area contributed by atoms with Gasteiger partial charge in [0.25, 0.3) is 5.91 Å². The lowest BCUT2D eigenvalue weighted by molar-refractivity contribution is 0.102. The van der Waals surface area contributed by atoms with E-state index in [1.54, 1.807) is 6.07 Å². The summed E-state index contributed by atoms with van der Waals surface area (Å²) in [5, 5.41) is 6.80. The van der Waals surface area contributed by atoms with Crippen LogP contribution in [0.5, 0.6) is 0 Å². The van der Waals surface area contributed by atoms with Gasteiger partial charge in [-0.1, -0.05) is 17.7 Å². The van der Waals surface area contributed by atoms with Gasteiger partial charge in [0.2, 0.25) is 0 Å². The van der Waals surface area contributed by atoms with E-state index >= 15 is 0 Å². The zero-order chi connectivity index (χ0) is 15.0. The third-order valence-electron chi connectivity index (χ3n) is 3.60. The van der Waals surface area contributed by atoms with Crippen molar-refractivity contribution in [2.24, 2.45) is 0 Å². The summed E-state index contributed by atoms with van der Waals surface area (Å²) >= 11 is 9.56. The molecule has 21 heavy (non-hydrogen) atoms. The zero-order valence-electron chi connectivity index (χ0n) is 11.5. The van der Waals surface area contributed by atoms with Gasteiger partial charge < -0.3 is 10.6 Å². The van der Waals surface area contributed by atoms with E-state index in [1.807, 2.05) is 31.2 Å². The van der Waals surface area contributed by atoms with Crippen molar-refractivity contribution in [1.82, 2.24) is 5.32 Å². The Hall–Kier alpha value is -1.36. The molecule has 1 heterocycles. The first-order chi connectivity index (χ1) is 10.0. The molecule has 2 aromatic carbocycles. The molecule has 0 fully saturated rings. The number of anilines is 1. The third-order valence-corrected chi connectivity index (χ3v) is 4.66. The average molecular weight is 366 g/mol. The van der Waals surface area contributed by atoms with Crippen molar-refractivity contribution in [3.63, 3.8) is 0 Å². The monoisotopic (exact) mass is 364 g/mol. The van der Waals surface area contributed by atoms with Crippen LogP contribution in [0.25, 0.3) is 0 Å². The van der Waals surface area contributed by atoms with Gasteiger partial charge in [-0.15, -0.1) is 0 Å². The molecule has 0 aliphatic carbocycles. The van der Waals surface area contributed by atoms with Crippen LogP contribution in [0.4, 0.5) is 5.69 Å². The summed E-state index contributed by atoms with van der Waals surface area (Å²) in [7, 11) is 0. The molecule has 2 N–H and O–H groups in total. The fraction of sp³-hybridized carbons (Fsp3) is 0.188. The number of hydrogen-bond acceptors (Lipinski definition) is 2. The summed E-state index contributed by atoms with van der Waals surface area (Å²) in [6, 6.07) is 9.44. The van der Waals surface area contributed by atoms with Crippen LogP contribution in [-0.4, -0.2) is 5.91 Å². The maximum atomic E-state index is 12.4. The molecule has 0 spiro atoms. The number of carbonyl (C=O) groups is 1. The smallest absolute Gasteiger partial charge is 0.255 e. The molecule has 0 saturated heterocycles. The quantitative estimate of drug-likeness (QED) is 0.834. The lowest BCUT2D eigenvalue weighted by Gasteiger charge is -2.10. The number of amides is 1. The maximum absolute atomic E-state index is 12.4. The molecular formula is C16H14BrClN2O. The minimum atomic E-state index is -0.134. The van der Waals surface area contributed by atoms with Crippen LogP contribution >= 0.6 is 27.5 Å². The topological polar surface area (TPSA) is 41.1 Å². The summed E-state index contributed by atoms with van der Waals surface area (Å²) in [5.41, 5.74) is 4.73. The Balaban J connectivity index is 1.85. The zero-order valence-corrected chi connectivity index (χ0v) is 13.8. The molecule has 0 bridgehead atoms. The van der Waals surface area contributed by atoms with Crippen LogP contribution in [0, 0.1) is 6.92 Å². The van der Waals surface area contributed by atoms with Crippen molar-refractivity contribution in [2.45, 2.75) is 20.0 Å². The van der Waals surface area contributed by atoms with Gasteiger partial charge in [-0.2, -0.15) is 0 Å². The standard InChI is InChI=1S/C16H14BrClN2O/c1-9-4-13(17)15(6-14(9)18)20-16(21)10-2-3-11-7-19-8-12(11)5-10/h2-6,19H,7-8H2,1H3,(H,20,21). The van der Waals surface area contributed by atoms with Crippen molar-refractivity contribution in [1.29, 1.82) is 0 Å². The van der Waals surface area contributed by atoms with E-state index in [2.05, 4.69) is 26.6 Å². The van der Waals surface area contributed by atoms with Gasteiger partial charge in [-0.3, -0.25) is 4.79 Å². The van der Waals surface area contributed by atoms with E-state index in [9.17, 15) is 4.79 Å². The fourth-order valence-corrected chi connectivity index (χ4v) is 3.09. The van der Waals surface area contributed by atoms with Gasteiger partial charge in [-0.25, -0.2) is 0 Å². The summed E-state index contributed by atoms with van der Waals surface area (Å²) < 4.78 is 0.820. The molecule has 3 rings (SSSR count). The van der Waals surface area contributed by atoms with Crippen LogP contribution in [-0.2, 0) is 13.1 Å². The molecule has 108 valence electrons. The van der Waals surface area contributed by atoms with Crippen LogP contribution in [0.15, 0.2) is 34.8 Å². The second-order valence-corrected chi connectivity index (χ2v) is 6.38. The highest BCUT2D eigenvalue weighted by molar-refractivity contribution is 9.10. The predicted octanol–water partition coefficient (Wildman–Crippen LogP) is 4.27. The Morgan fingerprint density at radius 1 is 1.24 bits per heavy atom. The van der Waals surface area contributed by atoms with Gasteiger partial charge in [0, 0.05) is 28.1 Å². The number of fused-ring (bicyclic) bond motifs is 1. The number of rotatable bonds is 2. The van der Waals surface area contributed by atoms with Gasteiger partial charge >= 0.3 is 0 Å². The number of hydrogen-bond donors (Lipinski definition) is 2. The highest BCUT2D eigenvalue weighted by atomic mass is 79.9. The molecule has 0 saturated carbocycles. The average Bonchev–Trinajstić information content (AvgIpc) is 2.92. The normalized spacial score (nSPS) is 13.1. The molecular weight excluding hydrogens is 352 g/mol. The first-order valence-corrected chi connectivity index (χ1v) is 7.81. The molecule has 2 aromatic rings. The second-order valence-electron chi connectivity index (χ2n) is 5.12. The Kier molecular flexibility index (Phi) is 4.02. The van der Waals surface area contributed by atoms with Crippen LogP contribution < -0.4 is 10.6 Å². The Labute approximate surface area is 136 Å². The first-order valence-electron chi connectivity index (χ1n) is 6.64. The molecule has 0 radical (unpaired) electrons.